The molecule has 0 amide bonds. The summed E-state index contributed by atoms with van der Waals surface area (Å²) in [4.78, 5) is 4.01. The molecule has 2 N–H and O–H groups in total. The molecule has 0 aliphatic rings. The summed E-state index contributed by atoms with van der Waals surface area (Å²) in [7, 11) is 1.72. The molecule has 3 heteroatoms. The van der Waals surface area contributed by atoms with Crippen molar-refractivity contribution in [3.63, 3.8) is 0 Å². The van der Waals surface area contributed by atoms with Gasteiger partial charge in [0.05, 0.1) is 0 Å². The summed E-state index contributed by atoms with van der Waals surface area (Å²) in [5.41, 5.74) is 6.30. The van der Waals surface area contributed by atoms with E-state index in [2.05, 4.69) is 11.6 Å². The normalized spacial score (nSPS) is 10.2. The molecule has 3 nitrogen and oxygen atoms in total. The number of hydrogen-bond acceptors (Lipinski definition) is 2. The van der Waals surface area contributed by atoms with Crippen molar-refractivity contribution in [2.75, 3.05) is 7.05 Å². The molecule has 0 bridgehead atoms. The Hall–Kier alpha value is -1.51. The van der Waals surface area contributed by atoms with Gasteiger partial charge in [-0.3, -0.25) is 9.56 Å². The number of rotatable bonds is 1. The van der Waals surface area contributed by atoms with Crippen LogP contribution in [0.2, 0.25) is 0 Å². The molecule has 1 aromatic rings. The first-order valence-electron chi connectivity index (χ1n) is 4.31. The van der Waals surface area contributed by atoms with Crippen LogP contribution in [0.4, 0.5) is 0 Å². The largest absolute Gasteiger partial charge is 0.385 e. The first-order chi connectivity index (χ1) is 6.25. The predicted octanol–water partition coefficient (Wildman–Crippen LogP) is 1.43. The second kappa shape index (κ2) is 6.06. The van der Waals surface area contributed by atoms with E-state index in [4.69, 9.17) is 5.73 Å². The third kappa shape index (κ3) is 3.15. The fourth-order valence-electron chi connectivity index (χ4n) is 0.859. The van der Waals surface area contributed by atoms with Crippen LogP contribution in [0.3, 0.4) is 0 Å². The van der Waals surface area contributed by atoms with Gasteiger partial charge in [-0.05, 0) is 12.1 Å². The average molecular weight is 179 g/mol. The SMILES string of the molecule is C=C(N)n1ccccc1=NC.CC. The van der Waals surface area contributed by atoms with Crippen molar-refractivity contribution in [2.45, 2.75) is 13.8 Å². The molecule has 1 aromatic heterocycles. The topological polar surface area (TPSA) is 43.3 Å². The van der Waals surface area contributed by atoms with Crippen LogP contribution in [0.1, 0.15) is 13.8 Å². The molecule has 0 radical (unpaired) electrons. The maximum Gasteiger partial charge on any atom is 0.132 e. The molecular formula is C10H17N3. The third-order valence-electron chi connectivity index (χ3n) is 1.38. The summed E-state index contributed by atoms with van der Waals surface area (Å²) < 4.78 is 1.72. The van der Waals surface area contributed by atoms with Gasteiger partial charge in [0.1, 0.15) is 11.3 Å². The monoisotopic (exact) mass is 179 g/mol. The molecule has 72 valence electrons. The van der Waals surface area contributed by atoms with E-state index >= 15 is 0 Å². The van der Waals surface area contributed by atoms with Crippen LogP contribution in [0.5, 0.6) is 0 Å². The zero-order chi connectivity index (χ0) is 10.3. The Morgan fingerprint density at radius 2 is 2.08 bits per heavy atom. The number of pyridine rings is 1. The van der Waals surface area contributed by atoms with Gasteiger partial charge in [-0.2, -0.15) is 0 Å². The zero-order valence-corrected chi connectivity index (χ0v) is 8.49. The molecular weight excluding hydrogens is 162 g/mol. The molecule has 0 aliphatic carbocycles. The van der Waals surface area contributed by atoms with Gasteiger partial charge in [0.25, 0.3) is 0 Å². The summed E-state index contributed by atoms with van der Waals surface area (Å²) in [5, 5.41) is 0. The van der Waals surface area contributed by atoms with E-state index in [0.29, 0.717) is 5.82 Å². The van der Waals surface area contributed by atoms with Crippen LogP contribution in [-0.2, 0) is 0 Å². The van der Waals surface area contributed by atoms with Gasteiger partial charge < -0.3 is 5.73 Å². The minimum absolute atomic E-state index is 0.478. The third-order valence-corrected chi connectivity index (χ3v) is 1.38. The second-order valence-corrected chi connectivity index (χ2v) is 2.14. The van der Waals surface area contributed by atoms with Crippen LogP contribution in [0.25, 0.3) is 5.82 Å². The number of nitrogens with two attached hydrogens (primary N) is 1. The summed E-state index contributed by atoms with van der Waals surface area (Å²) in [6.45, 7) is 7.61. The number of hydrogen-bond donors (Lipinski definition) is 1. The molecule has 0 saturated carbocycles. The van der Waals surface area contributed by atoms with E-state index in [1.54, 1.807) is 11.6 Å². The maximum atomic E-state index is 5.50. The van der Waals surface area contributed by atoms with Gasteiger partial charge in [0.15, 0.2) is 0 Å². The van der Waals surface area contributed by atoms with Crippen LogP contribution >= 0.6 is 0 Å². The van der Waals surface area contributed by atoms with Crippen molar-refractivity contribution < 1.29 is 0 Å². The number of aromatic nitrogens is 1. The Kier molecular flexibility index (Phi) is 5.35. The maximum absolute atomic E-state index is 5.50. The standard InChI is InChI=1S/C8H11N3.C2H6/c1-7(9)11-6-4-3-5-8(11)10-2;1-2/h3-6H,1,9H2,2H3;1-2H3. The van der Waals surface area contributed by atoms with Crippen LogP contribution in [0.15, 0.2) is 36.0 Å². The lowest BCUT2D eigenvalue weighted by Crippen LogP contribution is -2.21. The van der Waals surface area contributed by atoms with Gasteiger partial charge in [-0.15, -0.1) is 0 Å². The van der Waals surface area contributed by atoms with Gasteiger partial charge in [-0.25, -0.2) is 0 Å². The summed E-state index contributed by atoms with van der Waals surface area (Å²) >= 11 is 0. The summed E-state index contributed by atoms with van der Waals surface area (Å²) in [6.07, 6.45) is 1.82. The summed E-state index contributed by atoms with van der Waals surface area (Å²) in [6, 6.07) is 5.66. The molecule has 0 aliphatic heterocycles. The lowest BCUT2D eigenvalue weighted by Gasteiger charge is -2.03. The smallest absolute Gasteiger partial charge is 0.132 e. The molecule has 0 unspecified atom stereocenters. The Labute approximate surface area is 79.2 Å². The highest BCUT2D eigenvalue weighted by molar-refractivity contribution is 5.35. The van der Waals surface area contributed by atoms with Gasteiger partial charge >= 0.3 is 0 Å². The Morgan fingerprint density at radius 1 is 1.46 bits per heavy atom. The van der Waals surface area contributed by atoms with E-state index in [1.165, 1.54) is 0 Å². The van der Waals surface area contributed by atoms with E-state index in [0.717, 1.165) is 5.49 Å². The second-order valence-electron chi connectivity index (χ2n) is 2.14. The molecule has 1 heterocycles. The van der Waals surface area contributed by atoms with Crippen LogP contribution < -0.4 is 11.2 Å². The quantitative estimate of drug-likeness (QED) is 0.696. The highest BCUT2D eigenvalue weighted by Crippen LogP contribution is 1.86. The Balaban J connectivity index is 0.000000671. The fraction of sp³-hybridized carbons (Fsp3) is 0.300. The van der Waals surface area contributed by atoms with Gasteiger partial charge in [0.2, 0.25) is 0 Å². The van der Waals surface area contributed by atoms with Crippen molar-refractivity contribution in [1.82, 2.24) is 4.57 Å². The number of nitrogens with zero attached hydrogens (tertiary/aromatic N) is 2. The van der Waals surface area contributed by atoms with Crippen molar-refractivity contribution in [3.05, 3.63) is 36.5 Å². The lowest BCUT2D eigenvalue weighted by molar-refractivity contribution is 0.947. The predicted molar refractivity (Wildman–Crippen MR) is 56.8 cm³/mol. The highest BCUT2D eigenvalue weighted by Gasteiger charge is 1.89. The summed E-state index contributed by atoms with van der Waals surface area (Å²) in [5.74, 6) is 0.478. The molecule has 0 atom stereocenters. The molecule has 0 spiro atoms. The minimum Gasteiger partial charge on any atom is -0.385 e. The van der Waals surface area contributed by atoms with Gasteiger partial charge in [-0.1, -0.05) is 26.5 Å². The van der Waals surface area contributed by atoms with Crippen LogP contribution in [0, 0.1) is 0 Å². The molecule has 0 saturated heterocycles. The van der Waals surface area contributed by atoms with Crippen molar-refractivity contribution in [2.24, 2.45) is 10.7 Å². The van der Waals surface area contributed by atoms with Crippen molar-refractivity contribution in [1.29, 1.82) is 0 Å². The lowest BCUT2D eigenvalue weighted by atomic mass is 10.4. The van der Waals surface area contributed by atoms with Crippen molar-refractivity contribution in [3.8, 4) is 0 Å². The molecule has 0 fully saturated rings. The van der Waals surface area contributed by atoms with E-state index in [1.807, 2.05) is 38.2 Å². The minimum atomic E-state index is 0.478. The van der Waals surface area contributed by atoms with Crippen molar-refractivity contribution >= 4 is 5.82 Å². The fourth-order valence-corrected chi connectivity index (χ4v) is 0.859. The molecule has 13 heavy (non-hydrogen) atoms. The molecule has 1 rings (SSSR count). The van der Waals surface area contributed by atoms with E-state index in [9.17, 15) is 0 Å². The average Bonchev–Trinajstić information content (AvgIpc) is 2.20. The first kappa shape index (κ1) is 11.5. The highest BCUT2D eigenvalue weighted by atomic mass is 15.1. The first-order valence-corrected chi connectivity index (χ1v) is 4.31. The molecule has 0 aromatic carbocycles. The van der Waals surface area contributed by atoms with E-state index in [-0.39, 0.29) is 0 Å². The zero-order valence-electron chi connectivity index (χ0n) is 8.49. The van der Waals surface area contributed by atoms with Crippen LogP contribution in [-0.4, -0.2) is 11.6 Å². The van der Waals surface area contributed by atoms with Gasteiger partial charge in [0, 0.05) is 13.2 Å². The Bertz CT molecular complexity index is 323. The Morgan fingerprint density at radius 3 is 2.46 bits per heavy atom. The van der Waals surface area contributed by atoms with E-state index < -0.39 is 0 Å².